The molecule has 1 aliphatic carbocycles. The normalized spacial score (nSPS) is 24.8. The van der Waals surface area contributed by atoms with Gasteiger partial charge in [0, 0.05) is 0 Å². The van der Waals surface area contributed by atoms with E-state index >= 15 is 0 Å². The predicted octanol–water partition coefficient (Wildman–Crippen LogP) is 3.27. The average Bonchev–Trinajstić information content (AvgIpc) is 2.30. The van der Waals surface area contributed by atoms with Gasteiger partial charge in [-0.1, -0.05) is 29.8 Å². The molecule has 0 saturated heterocycles. The average molecular weight is 250 g/mol. The number of allylic oxidation sites excluding steroid dienone is 1. The number of sulfone groups is 1. The third kappa shape index (κ3) is 2.16. The molecule has 2 rings (SSSR count). The van der Waals surface area contributed by atoms with E-state index < -0.39 is 14.6 Å². The van der Waals surface area contributed by atoms with Gasteiger partial charge in [-0.3, -0.25) is 0 Å². The van der Waals surface area contributed by atoms with Crippen LogP contribution in [0.25, 0.3) is 0 Å². The first-order valence-corrected chi connectivity index (χ1v) is 7.43. The lowest BCUT2D eigenvalue weighted by Gasteiger charge is -2.28. The zero-order valence-electron chi connectivity index (χ0n) is 10.3. The Balaban J connectivity index is 2.46. The number of hydrogen-bond donors (Lipinski definition) is 0. The minimum Gasteiger partial charge on any atom is -0.223 e. The summed E-state index contributed by atoms with van der Waals surface area (Å²) in [4.78, 5) is 0.428. The zero-order chi connectivity index (χ0) is 12.5. The second kappa shape index (κ2) is 4.30. The van der Waals surface area contributed by atoms with Crippen molar-refractivity contribution in [3.05, 3.63) is 42.0 Å². The second-order valence-corrected chi connectivity index (χ2v) is 7.33. The van der Waals surface area contributed by atoms with E-state index in [4.69, 9.17) is 0 Å². The molecule has 0 saturated carbocycles. The molecule has 0 heterocycles. The van der Waals surface area contributed by atoms with Crippen LogP contribution >= 0.6 is 0 Å². The van der Waals surface area contributed by atoms with E-state index in [9.17, 15) is 8.42 Å². The maximum atomic E-state index is 12.6. The monoisotopic (exact) mass is 250 g/mol. The van der Waals surface area contributed by atoms with Crippen LogP contribution in [-0.2, 0) is 9.84 Å². The molecule has 0 radical (unpaired) electrons. The number of hydrogen-bond acceptors (Lipinski definition) is 2. The Morgan fingerprint density at radius 3 is 2.35 bits per heavy atom. The van der Waals surface area contributed by atoms with Gasteiger partial charge in [0.2, 0.25) is 0 Å². The molecule has 0 spiro atoms. The molecule has 1 unspecified atom stereocenters. The van der Waals surface area contributed by atoms with Gasteiger partial charge < -0.3 is 0 Å². The summed E-state index contributed by atoms with van der Waals surface area (Å²) in [6.45, 7) is 3.77. The minimum absolute atomic E-state index is 0.428. The summed E-state index contributed by atoms with van der Waals surface area (Å²) >= 11 is 0. The molecule has 0 aliphatic heterocycles. The van der Waals surface area contributed by atoms with Gasteiger partial charge >= 0.3 is 0 Å². The Morgan fingerprint density at radius 2 is 1.82 bits per heavy atom. The highest BCUT2D eigenvalue weighted by atomic mass is 32.2. The molecule has 92 valence electrons. The number of benzene rings is 1. The molecule has 17 heavy (non-hydrogen) atoms. The summed E-state index contributed by atoms with van der Waals surface area (Å²) in [6.07, 6.45) is 6.47. The fourth-order valence-corrected chi connectivity index (χ4v) is 3.92. The van der Waals surface area contributed by atoms with E-state index in [2.05, 4.69) is 0 Å². The van der Waals surface area contributed by atoms with Crippen molar-refractivity contribution in [1.29, 1.82) is 0 Å². The summed E-state index contributed by atoms with van der Waals surface area (Å²) in [5.41, 5.74) is 1.08. The van der Waals surface area contributed by atoms with Gasteiger partial charge in [-0.25, -0.2) is 8.42 Å². The van der Waals surface area contributed by atoms with Crippen LogP contribution in [0.5, 0.6) is 0 Å². The van der Waals surface area contributed by atoms with E-state index in [0.29, 0.717) is 11.3 Å². The molecule has 3 heteroatoms. The first-order valence-electron chi connectivity index (χ1n) is 5.95. The standard InChI is InChI=1S/C14H18O2S/c1-12-6-8-13(9-7-12)17(15,16)14(2)10-4-3-5-11-14/h4,6-10H,3,5,11H2,1-2H3. The minimum atomic E-state index is -3.27. The highest BCUT2D eigenvalue weighted by Crippen LogP contribution is 2.34. The van der Waals surface area contributed by atoms with Gasteiger partial charge in [-0.05, 0) is 45.2 Å². The van der Waals surface area contributed by atoms with Gasteiger partial charge in [0.1, 0.15) is 0 Å². The van der Waals surface area contributed by atoms with Gasteiger partial charge in [-0.2, -0.15) is 0 Å². The molecule has 1 aromatic rings. The molecule has 2 nitrogen and oxygen atoms in total. The number of rotatable bonds is 2. The Bertz CT molecular complexity index is 526. The van der Waals surface area contributed by atoms with Crippen molar-refractivity contribution in [2.24, 2.45) is 0 Å². The Kier molecular flexibility index (Phi) is 3.13. The van der Waals surface area contributed by atoms with E-state index in [1.54, 1.807) is 12.1 Å². The lowest BCUT2D eigenvalue weighted by molar-refractivity contribution is 0.531. The summed E-state index contributed by atoms with van der Waals surface area (Å²) in [7, 11) is -3.27. The van der Waals surface area contributed by atoms with E-state index in [0.717, 1.165) is 18.4 Å². The molecule has 0 fully saturated rings. The first kappa shape index (κ1) is 12.4. The lowest BCUT2D eigenvalue weighted by atomic mass is 9.97. The summed E-state index contributed by atoms with van der Waals surface area (Å²) in [6, 6.07) is 7.11. The van der Waals surface area contributed by atoms with Gasteiger partial charge in [0.15, 0.2) is 9.84 Å². The number of aryl methyl sites for hydroxylation is 1. The van der Waals surface area contributed by atoms with Crippen LogP contribution < -0.4 is 0 Å². The largest absolute Gasteiger partial charge is 0.223 e. The van der Waals surface area contributed by atoms with Crippen molar-refractivity contribution in [3.8, 4) is 0 Å². The molecule has 1 aliphatic rings. The summed E-state index contributed by atoms with van der Waals surface area (Å²) in [5, 5.41) is 0. The van der Waals surface area contributed by atoms with Crippen LogP contribution in [0.4, 0.5) is 0 Å². The molecule has 0 N–H and O–H groups in total. The van der Waals surface area contributed by atoms with Crippen molar-refractivity contribution in [2.45, 2.75) is 42.8 Å². The van der Waals surface area contributed by atoms with Crippen LogP contribution in [-0.4, -0.2) is 13.2 Å². The second-order valence-electron chi connectivity index (χ2n) is 4.92. The maximum absolute atomic E-state index is 12.6. The molecule has 0 bridgehead atoms. The van der Waals surface area contributed by atoms with Crippen molar-refractivity contribution < 1.29 is 8.42 Å². The van der Waals surface area contributed by atoms with Crippen molar-refractivity contribution in [2.75, 3.05) is 0 Å². The Morgan fingerprint density at radius 1 is 1.18 bits per heavy atom. The smallest absolute Gasteiger partial charge is 0.187 e. The van der Waals surface area contributed by atoms with Crippen LogP contribution in [0, 0.1) is 6.92 Å². The maximum Gasteiger partial charge on any atom is 0.187 e. The van der Waals surface area contributed by atoms with Gasteiger partial charge in [-0.15, -0.1) is 0 Å². The van der Waals surface area contributed by atoms with Crippen molar-refractivity contribution in [3.63, 3.8) is 0 Å². The van der Waals surface area contributed by atoms with Gasteiger partial charge in [0.05, 0.1) is 9.64 Å². The van der Waals surface area contributed by atoms with Crippen molar-refractivity contribution >= 4 is 9.84 Å². The topological polar surface area (TPSA) is 34.1 Å². The molecular formula is C14H18O2S. The Hall–Kier alpha value is -1.09. The molecule has 0 aromatic heterocycles. The highest BCUT2D eigenvalue weighted by molar-refractivity contribution is 7.93. The summed E-state index contributed by atoms with van der Waals surface area (Å²) in [5.74, 6) is 0. The van der Waals surface area contributed by atoms with Crippen LogP contribution in [0.2, 0.25) is 0 Å². The quantitative estimate of drug-likeness (QED) is 0.755. The van der Waals surface area contributed by atoms with Crippen LogP contribution in [0.3, 0.4) is 0 Å². The third-order valence-electron chi connectivity index (χ3n) is 3.46. The Labute approximate surface area is 103 Å². The fraction of sp³-hybridized carbons (Fsp3) is 0.429. The first-order chi connectivity index (χ1) is 7.96. The third-order valence-corrected chi connectivity index (χ3v) is 5.92. The highest BCUT2D eigenvalue weighted by Gasteiger charge is 2.38. The van der Waals surface area contributed by atoms with Gasteiger partial charge in [0.25, 0.3) is 0 Å². The lowest BCUT2D eigenvalue weighted by Crippen LogP contribution is -2.34. The zero-order valence-corrected chi connectivity index (χ0v) is 11.1. The van der Waals surface area contributed by atoms with E-state index in [-0.39, 0.29) is 0 Å². The summed E-state index contributed by atoms with van der Waals surface area (Å²) < 4.78 is 24.4. The molecule has 0 amide bonds. The van der Waals surface area contributed by atoms with E-state index in [1.807, 2.05) is 38.1 Å². The van der Waals surface area contributed by atoms with Crippen molar-refractivity contribution in [1.82, 2.24) is 0 Å². The predicted molar refractivity (Wildman–Crippen MR) is 69.8 cm³/mol. The van der Waals surface area contributed by atoms with E-state index in [1.165, 1.54) is 0 Å². The molecule has 1 atom stereocenters. The van der Waals surface area contributed by atoms with Crippen LogP contribution in [0.1, 0.15) is 31.7 Å². The SMILES string of the molecule is Cc1ccc(S(=O)(=O)C2(C)C=CCCC2)cc1. The molecule has 1 aromatic carbocycles. The van der Waals surface area contributed by atoms with Crippen LogP contribution in [0.15, 0.2) is 41.3 Å². The molecular weight excluding hydrogens is 232 g/mol. The fourth-order valence-electron chi connectivity index (χ4n) is 2.20.